The third kappa shape index (κ3) is 1.73. The highest BCUT2D eigenvalue weighted by atomic mass is 14.5. The Hall–Kier alpha value is 0. The normalized spacial score (nSPS) is 55.5. The Kier molecular flexibility index (Phi) is 2.34. The van der Waals surface area contributed by atoms with E-state index in [1.165, 1.54) is 0 Å². The SMILES string of the molecule is C1CC2CC1CC1CC(C2)CC2CC(C1)C2. The molecule has 0 amide bonds. The second-order valence-electron chi connectivity index (χ2n) is 7.66. The third-order valence-electron chi connectivity index (χ3n) is 6.32. The molecule has 0 saturated heterocycles. The van der Waals surface area contributed by atoms with Crippen molar-refractivity contribution in [3.8, 4) is 0 Å². The van der Waals surface area contributed by atoms with E-state index < -0.39 is 0 Å². The predicted octanol–water partition coefficient (Wildman–Crippen LogP) is 4.64. The molecule has 16 heavy (non-hydrogen) atoms. The van der Waals surface area contributed by atoms with Crippen LogP contribution in [0.3, 0.4) is 0 Å². The molecule has 5 aliphatic rings. The van der Waals surface area contributed by atoms with Crippen LogP contribution in [0.1, 0.15) is 64.2 Å². The van der Waals surface area contributed by atoms with E-state index in [0.717, 1.165) is 35.5 Å². The molecule has 5 saturated carbocycles. The van der Waals surface area contributed by atoms with Gasteiger partial charge in [-0.3, -0.25) is 0 Å². The molecule has 0 radical (unpaired) electrons. The van der Waals surface area contributed by atoms with Gasteiger partial charge in [0.2, 0.25) is 0 Å². The molecule has 5 rings (SSSR count). The minimum absolute atomic E-state index is 1.14. The lowest BCUT2D eigenvalue weighted by molar-refractivity contribution is 0.0662. The lowest BCUT2D eigenvalue weighted by atomic mass is 9.61. The van der Waals surface area contributed by atoms with Crippen LogP contribution in [0.5, 0.6) is 0 Å². The van der Waals surface area contributed by atoms with E-state index in [1.807, 2.05) is 0 Å². The molecule has 0 nitrogen and oxygen atoms in total. The van der Waals surface area contributed by atoms with Gasteiger partial charge in [-0.25, -0.2) is 0 Å². The summed E-state index contributed by atoms with van der Waals surface area (Å²) >= 11 is 0. The Morgan fingerprint density at radius 3 is 0.938 bits per heavy atom. The molecule has 0 aromatic heterocycles. The molecule has 5 fully saturated rings. The standard InChI is InChI=1S/C16H26/c1-2-12-3-11(1)4-13-6-14(5-12)8-16-9-15(7-13)10-16/h11-16H,1-10H2. The summed E-state index contributed by atoms with van der Waals surface area (Å²) in [5, 5.41) is 0. The zero-order valence-corrected chi connectivity index (χ0v) is 10.5. The van der Waals surface area contributed by atoms with Gasteiger partial charge >= 0.3 is 0 Å². The molecular weight excluding hydrogens is 192 g/mol. The van der Waals surface area contributed by atoms with Crippen LogP contribution in [-0.2, 0) is 0 Å². The Morgan fingerprint density at radius 1 is 0.312 bits per heavy atom. The lowest BCUT2D eigenvalue weighted by Crippen LogP contribution is -2.33. The van der Waals surface area contributed by atoms with Gasteiger partial charge in [0.1, 0.15) is 0 Å². The van der Waals surface area contributed by atoms with Crippen molar-refractivity contribution in [3.63, 3.8) is 0 Å². The summed E-state index contributed by atoms with van der Waals surface area (Å²) in [5.74, 6) is 6.89. The summed E-state index contributed by atoms with van der Waals surface area (Å²) < 4.78 is 0. The van der Waals surface area contributed by atoms with Gasteiger partial charge in [0.05, 0.1) is 0 Å². The molecule has 4 unspecified atom stereocenters. The number of hydrogen-bond donors (Lipinski definition) is 0. The maximum absolute atomic E-state index is 1.62. The van der Waals surface area contributed by atoms with Crippen LogP contribution in [-0.4, -0.2) is 0 Å². The average molecular weight is 218 g/mol. The Balaban J connectivity index is 1.55. The van der Waals surface area contributed by atoms with Crippen LogP contribution >= 0.6 is 0 Å². The maximum Gasteiger partial charge on any atom is -0.0406 e. The summed E-state index contributed by atoms with van der Waals surface area (Å²) in [7, 11) is 0. The van der Waals surface area contributed by atoms with Crippen LogP contribution in [0.4, 0.5) is 0 Å². The first kappa shape index (κ1) is 9.97. The molecular formula is C16H26. The van der Waals surface area contributed by atoms with Crippen LogP contribution < -0.4 is 0 Å². The summed E-state index contributed by atoms with van der Waals surface area (Å²) in [5.41, 5.74) is 0. The highest BCUT2D eigenvalue weighted by Gasteiger charge is 2.40. The van der Waals surface area contributed by atoms with E-state index in [4.69, 9.17) is 0 Å². The van der Waals surface area contributed by atoms with Crippen molar-refractivity contribution in [2.75, 3.05) is 0 Å². The van der Waals surface area contributed by atoms with Gasteiger partial charge in [-0.15, -0.1) is 0 Å². The first-order valence-corrected chi connectivity index (χ1v) is 7.85. The summed E-state index contributed by atoms with van der Waals surface area (Å²) in [6.45, 7) is 0. The molecule has 0 aromatic rings. The summed E-state index contributed by atoms with van der Waals surface area (Å²) in [4.78, 5) is 0. The first-order valence-electron chi connectivity index (χ1n) is 7.85. The van der Waals surface area contributed by atoms with Crippen LogP contribution in [0.15, 0.2) is 0 Å². The molecule has 0 aliphatic heterocycles. The molecule has 0 N–H and O–H groups in total. The highest BCUT2D eigenvalue weighted by Crippen LogP contribution is 2.52. The van der Waals surface area contributed by atoms with Crippen molar-refractivity contribution in [2.24, 2.45) is 35.5 Å². The van der Waals surface area contributed by atoms with E-state index in [9.17, 15) is 0 Å². The van der Waals surface area contributed by atoms with E-state index >= 15 is 0 Å². The molecule has 0 spiro atoms. The third-order valence-corrected chi connectivity index (χ3v) is 6.32. The van der Waals surface area contributed by atoms with Crippen molar-refractivity contribution in [2.45, 2.75) is 64.2 Å². The topological polar surface area (TPSA) is 0 Å². The number of fused-ring (bicyclic) bond motifs is 2. The van der Waals surface area contributed by atoms with Gasteiger partial charge in [-0.1, -0.05) is 12.8 Å². The van der Waals surface area contributed by atoms with Crippen molar-refractivity contribution < 1.29 is 0 Å². The van der Waals surface area contributed by atoms with Crippen molar-refractivity contribution in [3.05, 3.63) is 0 Å². The van der Waals surface area contributed by atoms with Gasteiger partial charge in [-0.2, -0.15) is 0 Å². The molecule has 0 heterocycles. The fourth-order valence-corrected chi connectivity index (χ4v) is 5.80. The number of hydrogen-bond acceptors (Lipinski definition) is 0. The minimum Gasteiger partial charge on any atom is -0.0502 e. The smallest absolute Gasteiger partial charge is 0.0406 e. The van der Waals surface area contributed by atoms with Gasteiger partial charge in [-0.05, 0) is 86.9 Å². The molecule has 6 bridgehead atoms. The summed E-state index contributed by atoms with van der Waals surface area (Å²) in [6.07, 6.45) is 16.1. The Labute approximate surface area is 100 Å². The number of rotatable bonds is 0. The van der Waals surface area contributed by atoms with Gasteiger partial charge in [0, 0.05) is 0 Å². The minimum atomic E-state index is 1.14. The van der Waals surface area contributed by atoms with Crippen LogP contribution in [0.25, 0.3) is 0 Å². The molecule has 0 aromatic carbocycles. The first-order chi connectivity index (χ1) is 7.85. The Bertz CT molecular complexity index is 239. The second-order valence-corrected chi connectivity index (χ2v) is 7.66. The molecule has 90 valence electrons. The predicted molar refractivity (Wildman–Crippen MR) is 67.1 cm³/mol. The molecule has 5 aliphatic carbocycles. The monoisotopic (exact) mass is 218 g/mol. The lowest BCUT2D eigenvalue weighted by Gasteiger charge is -2.45. The highest BCUT2D eigenvalue weighted by molar-refractivity contribution is 4.91. The maximum atomic E-state index is 1.62. The van der Waals surface area contributed by atoms with Gasteiger partial charge < -0.3 is 0 Å². The second kappa shape index (κ2) is 3.75. The van der Waals surface area contributed by atoms with Crippen molar-refractivity contribution >= 4 is 0 Å². The largest absolute Gasteiger partial charge is 0.0502 e. The Morgan fingerprint density at radius 2 is 0.562 bits per heavy atom. The summed E-state index contributed by atoms with van der Waals surface area (Å²) in [6, 6.07) is 0. The van der Waals surface area contributed by atoms with Crippen LogP contribution in [0.2, 0.25) is 0 Å². The van der Waals surface area contributed by atoms with Gasteiger partial charge in [0.25, 0.3) is 0 Å². The zero-order valence-electron chi connectivity index (χ0n) is 10.5. The van der Waals surface area contributed by atoms with Crippen molar-refractivity contribution in [1.82, 2.24) is 0 Å². The molecule has 4 atom stereocenters. The fourth-order valence-electron chi connectivity index (χ4n) is 5.80. The van der Waals surface area contributed by atoms with E-state index in [1.54, 1.807) is 64.2 Å². The quantitative estimate of drug-likeness (QED) is 0.555. The fraction of sp³-hybridized carbons (Fsp3) is 1.00. The van der Waals surface area contributed by atoms with E-state index in [2.05, 4.69) is 0 Å². The van der Waals surface area contributed by atoms with Crippen LogP contribution in [0, 0.1) is 35.5 Å². The van der Waals surface area contributed by atoms with Crippen molar-refractivity contribution in [1.29, 1.82) is 0 Å². The van der Waals surface area contributed by atoms with E-state index in [-0.39, 0.29) is 0 Å². The van der Waals surface area contributed by atoms with Gasteiger partial charge in [0.15, 0.2) is 0 Å². The molecule has 0 heteroatoms. The zero-order chi connectivity index (χ0) is 10.5. The van der Waals surface area contributed by atoms with E-state index in [0.29, 0.717) is 0 Å². The average Bonchev–Trinajstić information content (AvgIpc) is 2.55.